The van der Waals surface area contributed by atoms with Crippen LogP contribution in [0.4, 0.5) is 0 Å². The number of carbonyl (C=O) groups excluding carboxylic acids is 1. The van der Waals surface area contributed by atoms with Gasteiger partial charge in [-0.3, -0.25) is 4.79 Å². The van der Waals surface area contributed by atoms with Crippen molar-refractivity contribution in [3.05, 3.63) is 0 Å². The first-order valence-electron chi connectivity index (χ1n) is 10.0. The number of carbonyl (C=O) groups is 1. The minimum atomic E-state index is 0.0730. The summed E-state index contributed by atoms with van der Waals surface area (Å²) in [5.41, 5.74) is 0.0730. The van der Waals surface area contributed by atoms with Crippen molar-refractivity contribution in [2.45, 2.75) is 112 Å². The Labute approximate surface area is 146 Å². The van der Waals surface area contributed by atoms with Gasteiger partial charge in [0.1, 0.15) is 0 Å². The number of rotatable bonds is 12. The third-order valence-corrected chi connectivity index (χ3v) is 4.76. The largest absolute Gasteiger partial charge is 0.340 e. The summed E-state index contributed by atoms with van der Waals surface area (Å²) < 4.78 is 0. The average molecular weight is 326 g/mol. The molecule has 0 bridgehead atoms. The lowest BCUT2D eigenvalue weighted by molar-refractivity contribution is -0.136. The van der Waals surface area contributed by atoms with Gasteiger partial charge < -0.3 is 4.90 Å². The van der Waals surface area contributed by atoms with Gasteiger partial charge in [-0.1, -0.05) is 80.1 Å². The van der Waals surface area contributed by atoms with Crippen LogP contribution >= 0.6 is 0 Å². The topological polar surface area (TPSA) is 20.3 Å². The summed E-state index contributed by atoms with van der Waals surface area (Å²) in [6.45, 7) is 16.5. The van der Waals surface area contributed by atoms with Gasteiger partial charge in [0.25, 0.3) is 0 Å². The first-order chi connectivity index (χ1) is 10.7. The molecule has 0 aliphatic carbocycles. The number of nitrogens with zero attached hydrogens (tertiary/aromatic N) is 1. The van der Waals surface area contributed by atoms with Gasteiger partial charge in [-0.2, -0.15) is 0 Å². The van der Waals surface area contributed by atoms with Crippen LogP contribution in [0.15, 0.2) is 0 Å². The molecular weight excluding hydrogens is 282 g/mol. The fraction of sp³-hybridized carbons (Fsp3) is 0.952. The quantitative estimate of drug-likeness (QED) is 0.378. The van der Waals surface area contributed by atoms with E-state index in [0.29, 0.717) is 24.3 Å². The van der Waals surface area contributed by atoms with Crippen LogP contribution in [0.25, 0.3) is 0 Å². The van der Waals surface area contributed by atoms with Crippen LogP contribution in [-0.4, -0.2) is 23.4 Å². The average Bonchev–Trinajstić information content (AvgIpc) is 2.45. The van der Waals surface area contributed by atoms with Crippen LogP contribution in [-0.2, 0) is 4.79 Å². The summed E-state index contributed by atoms with van der Waals surface area (Å²) >= 11 is 0. The summed E-state index contributed by atoms with van der Waals surface area (Å²) in [5, 5.41) is 0. The van der Waals surface area contributed by atoms with E-state index in [9.17, 15) is 4.79 Å². The number of unbranched alkanes of at least 4 members (excludes halogenated alkanes) is 3. The van der Waals surface area contributed by atoms with Gasteiger partial charge in [0.05, 0.1) is 0 Å². The zero-order valence-corrected chi connectivity index (χ0v) is 17.1. The molecule has 0 saturated heterocycles. The zero-order valence-electron chi connectivity index (χ0n) is 17.1. The van der Waals surface area contributed by atoms with Crippen molar-refractivity contribution in [2.24, 2.45) is 11.3 Å². The molecule has 0 aromatic heterocycles. The maximum Gasteiger partial charge on any atom is 0.223 e. The van der Waals surface area contributed by atoms with Crippen molar-refractivity contribution in [3.8, 4) is 0 Å². The Kier molecular flexibility index (Phi) is 11.6. The second-order valence-corrected chi connectivity index (χ2v) is 8.54. The molecule has 2 nitrogen and oxygen atoms in total. The van der Waals surface area contributed by atoms with Gasteiger partial charge in [0.2, 0.25) is 5.91 Å². The molecule has 0 aliphatic heterocycles. The smallest absolute Gasteiger partial charge is 0.223 e. The highest BCUT2D eigenvalue weighted by Gasteiger charge is 2.26. The zero-order chi connectivity index (χ0) is 17.9. The molecule has 2 unspecified atom stereocenters. The van der Waals surface area contributed by atoms with E-state index >= 15 is 0 Å². The van der Waals surface area contributed by atoms with E-state index in [1.54, 1.807) is 0 Å². The second kappa shape index (κ2) is 11.9. The van der Waals surface area contributed by atoms with E-state index in [1.165, 1.54) is 44.9 Å². The van der Waals surface area contributed by atoms with Gasteiger partial charge in [-0.05, 0) is 31.1 Å². The standard InChI is InChI=1S/C21H43NO/c1-8-11-13-14-18(4)22(20(23)16-21(5,6)7)17-19(10-3)15-12-9-2/h18-19H,8-17H2,1-7H3. The number of hydrogen-bond donors (Lipinski definition) is 0. The summed E-state index contributed by atoms with van der Waals surface area (Å²) in [6, 6.07) is 0.382. The van der Waals surface area contributed by atoms with Crippen molar-refractivity contribution in [1.29, 1.82) is 0 Å². The summed E-state index contributed by atoms with van der Waals surface area (Å²) in [5.74, 6) is 1.02. The Hall–Kier alpha value is -0.530. The molecule has 0 N–H and O–H groups in total. The van der Waals surface area contributed by atoms with E-state index in [-0.39, 0.29) is 5.41 Å². The molecule has 0 heterocycles. The first kappa shape index (κ1) is 22.5. The fourth-order valence-electron chi connectivity index (χ4n) is 3.12. The molecule has 0 saturated carbocycles. The van der Waals surface area contributed by atoms with E-state index in [1.807, 2.05) is 0 Å². The van der Waals surface area contributed by atoms with Crippen molar-refractivity contribution in [2.75, 3.05) is 6.54 Å². The molecule has 2 atom stereocenters. The highest BCUT2D eigenvalue weighted by molar-refractivity contribution is 5.77. The van der Waals surface area contributed by atoms with Gasteiger partial charge in [0, 0.05) is 19.0 Å². The maximum absolute atomic E-state index is 12.9. The Morgan fingerprint density at radius 1 is 0.957 bits per heavy atom. The molecule has 0 rings (SSSR count). The van der Waals surface area contributed by atoms with Gasteiger partial charge in [0.15, 0.2) is 0 Å². The predicted molar refractivity (Wildman–Crippen MR) is 103 cm³/mol. The minimum Gasteiger partial charge on any atom is -0.340 e. The van der Waals surface area contributed by atoms with Crippen molar-refractivity contribution < 1.29 is 4.79 Å². The highest BCUT2D eigenvalue weighted by Crippen LogP contribution is 2.24. The van der Waals surface area contributed by atoms with E-state index in [2.05, 4.69) is 53.4 Å². The van der Waals surface area contributed by atoms with E-state index in [4.69, 9.17) is 0 Å². The third-order valence-electron chi connectivity index (χ3n) is 4.76. The molecule has 0 radical (unpaired) electrons. The molecule has 0 aliphatic rings. The molecule has 0 aromatic rings. The Balaban J connectivity index is 4.85. The molecule has 0 fully saturated rings. The minimum absolute atomic E-state index is 0.0730. The Morgan fingerprint density at radius 2 is 1.57 bits per heavy atom. The van der Waals surface area contributed by atoms with Gasteiger partial charge in [-0.25, -0.2) is 0 Å². The van der Waals surface area contributed by atoms with Crippen molar-refractivity contribution >= 4 is 5.91 Å². The lowest BCUT2D eigenvalue weighted by atomic mass is 9.90. The van der Waals surface area contributed by atoms with Crippen LogP contribution in [0.1, 0.15) is 106 Å². The van der Waals surface area contributed by atoms with Crippen LogP contribution in [0.5, 0.6) is 0 Å². The van der Waals surface area contributed by atoms with E-state index in [0.717, 1.165) is 13.0 Å². The monoisotopic (exact) mass is 325 g/mol. The molecule has 1 amide bonds. The Bertz CT molecular complexity index is 305. The van der Waals surface area contributed by atoms with Gasteiger partial charge >= 0.3 is 0 Å². The number of amides is 1. The lowest BCUT2D eigenvalue weighted by Crippen LogP contribution is -2.43. The summed E-state index contributed by atoms with van der Waals surface area (Å²) in [6.07, 6.45) is 10.5. The van der Waals surface area contributed by atoms with Crippen LogP contribution in [0.2, 0.25) is 0 Å². The molecule has 23 heavy (non-hydrogen) atoms. The maximum atomic E-state index is 12.9. The highest BCUT2D eigenvalue weighted by atomic mass is 16.2. The molecular formula is C21H43NO. The molecule has 0 spiro atoms. The number of hydrogen-bond acceptors (Lipinski definition) is 1. The summed E-state index contributed by atoms with van der Waals surface area (Å²) in [4.78, 5) is 15.1. The molecule has 2 heteroatoms. The summed E-state index contributed by atoms with van der Waals surface area (Å²) in [7, 11) is 0. The van der Waals surface area contributed by atoms with Crippen molar-refractivity contribution in [1.82, 2.24) is 4.90 Å². The second-order valence-electron chi connectivity index (χ2n) is 8.54. The van der Waals surface area contributed by atoms with Crippen molar-refractivity contribution in [3.63, 3.8) is 0 Å². The van der Waals surface area contributed by atoms with Crippen LogP contribution in [0, 0.1) is 11.3 Å². The Morgan fingerprint density at radius 3 is 2.04 bits per heavy atom. The normalized spacial score (nSPS) is 14.6. The van der Waals surface area contributed by atoms with Crippen LogP contribution in [0.3, 0.4) is 0 Å². The predicted octanol–water partition coefficient (Wildman–Crippen LogP) is 6.44. The SMILES string of the molecule is CCCCCC(C)N(CC(CC)CCCC)C(=O)CC(C)(C)C. The first-order valence-corrected chi connectivity index (χ1v) is 10.0. The third kappa shape index (κ3) is 10.8. The fourth-order valence-corrected chi connectivity index (χ4v) is 3.12. The van der Waals surface area contributed by atoms with E-state index < -0.39 is 0 Å². The van der Waals surface area contributed by atoms with Crippen LogP contribution < -0.4 is 0 Å². The molecule has 0 aromatic carbocycles. The molecule has 138 valence electrons. The van der Waals surface area contributed by atoms with Gasteiger partial charge in [-0.15, -0.1) is 0 Å². The lowest BCUT2D eigenvalue weighted by Gasteiger charge is -2.34.